The summed E-state index contributed by atoms with van der Waals surface area (Å²) in [5, 5.41) is 6.36. The first-order chi connectivity index (χ1) is 13.8. The molecule has 1 atom stereocenters. The lowest BCUT2D eigenvalue weighted by atomic mass is 9.85. The fourth-order valence-corrected chi connectivity index (χ4v) is 3.67. The van der Waals surface area contributed by atoms with Crippen LogP contribution in [0, 0.1) is 17.7 Å². The van der Waals surface area contributed by atoms with Crippen molar-refractivity contribution < 1.29 is 14.0 Å². The van der Waals surface area contributed by atoms with E-state index in [1.165, 1.54) is 18.2 Å². The number of amides is 3. The van der Waals surface area contributed by atoms with Crippen LogP contribution in [0.25, 0.3) is 0 Å². The molecule has 29 heavy (non-hydrogen) atoms. The minimum Gasteiger partial charge on any atom is -0.325 e. The Morgan fingerprint density at radius 3 is 2.28 bits per heavy atom. The Kier molecular flexibility index (Phi) is 6.98. The zero-order valence-electron chi connectivity index (χ0n) is 15.9. The molecule has 2 N–H and O–H groups in total. The van der Waals surface area contributed by atoms with Gasteiger partial charge in [0.25, 0.3) is 0 Å². The van der Waals surface area contributed by atoms with E-state index in [1.807, 2.05) is 6.92 Å². The van der Waals surface area contributed by atoms with Crippen molar-refractivity contribution >= 4 is 46.5 Å². The molecule has 154 valence electrons. The van der Waals surface area contributed by atoms with Crippen molar-refractivity contribution in [2.24, 2.45) is 11.8 Å². The van der Waals surface area contributed by atoms with Crippen molar-refractivity contribution in [1.82, 2.24) is 4.90 Å². The van der Waals surface area contributed by atoms with Crippen LogP contribution >= 0.6 is 23.2 Å². The van der Waals surface area contributed by atoms with Gasteiger partial charge >= 0.3 is 6.03 Å². The largest absolute Gasteiger partial charge is 0.325 e. The van der Waals surface area contributed by atoms with Gasteiger partial charge in [0.05, 0.1) is 5.69 Å². The van der Waals surface area contributed by atoms with Crippen molar-refractivity contribution in [3.63, 3.8) is 0 Å². The first-order valence-corrected chi connectivity index (χ1v) is 10.2. The second-order valence-electron chi connectivity index (χ2n) is 7.16. The number of rotatable bonds is 4. The quantitative estimate of drug-likeness (QED) is 0.648. The maximum absolute atomic E-state index is 13.9. The standard InChI is InChI=1S/C21H22Cl2FN3O2/c1-13(20(28)26-19-7-4-16(23)12-18(19)24)14-8-10-27(11-9-14)21(29)25-17-5-2-15(22)3-6-17/h2-7,12-14H,8-11H2,1H3,(H,25,29)(H,26,28)/t13-/m0/s1. The van der Waals surface area contributed by atoms with Gasteiger partial charge in [-0.15, -0.1) is 0 Å². The zero-order chi connectivity index (χ0) is 21.0. The SMILES string of the molecule is C[C@H](C(=O)Nc1ccc(Cl)cc1F)C1CCN(C(=O)Nc2ccc(Cl)cc2)CC1. The molecular weight excluding hydrogens is 416 g/mol. The fraction of sp³-hybridized carbons (Fsp3) is 0.333. The molecule has 2 aromatic carbocycles. The molecule has 0 saturated carbocycles. The maximum atomic E-state index is 13.9. The molecule has 0 aliphatic carbocycles. The lowest BCUT2D eigenvalue weighted by Gasteiger charge is -2.34. The van der Waals surface area contributed by atoms with Crippen molar-refractivity contribution in [1.29, 1.82) is 0 Å². The van der Waals surface area contributed by atoms with E-state index < -0.39 is 5.82 Å². The molecule has 2 aromatic rings. The van der Waals surface area contributed by atoms with E-state index in [2.05, 4.69) is 10.6 Å². The number of urea groups is 1. The molecule has 1 saturated heterocycles. The van der Waals surface area contributed by atoms with E-state index >= 15 is 0 Å². The second-order valence-corrected chi connectivity index (χ2v) is 8.04. The molecule has 3 amide bonds. The van der Waals surface area contributed by atoms with E-state index in [1.54, 1.807) is 29.2 Å². The molecule has 1 aliphatic rings. The first kappa shape index (κ1) is 21.4. The highest BCUT2D eigenvalue weighted by atomic mass is 35.5. The minimum atomic E-state index is -0.563. The topological polar surface area (TPSA) is 61.4 Å². The number of carbonyl (C=O) groups is 2. The lowest BCUT2D eigenvalue weighted by molar-refractivity contribution is -0.121. The number of nitrogens with one attached hydrogen (secondary N) is 2. The summed E-state index contributed by atoms with van der Waals surface area (Å²) in [7, 11) is 0. The fourth-order valence-electron chi connectivity index (χ4n) is 3.39. The Labute approximate surface area is 179 Å². The smallest absolute Gasteiger partial charge is 0.321 e. The molecule has 3 rings (SSSR count). The lowest BCUT2D eigenvalue weighted by Crippen LogP contribution is -2.43. The Bertz CT molecular complexity index is 884. The highest BCUT2D eigenvalue weighted by molar-refractivity contribution is 6.31. The van der Waals surface area contributed by atoms with Gasteiger partial charge in [0.2, 0.25) is 5.91 Å². The van der Waals surface area contributed by atoms with Gasteiger partial charge in [0.1, 0.15) is 5.82 Å². The van der Waals surface area contributed by atoms with Crippen LogP contribution in [-0.2, 0) is 4.79 Å². The number of nitrogens with zero attached hydrogens (tertiary/aromatic N) is 1. The molecule has 5 nitrogen and oxygen atoms in total. The third-order valence-electron chi connectivity index (χ3n) is 5.23. The minimum absolute atomic E-state index is 0.116. The van der Waals surface area contributed by atoms with Crippen molar-refractivity contribution in [3.05, 3.63) is 58.3 Å². The van der Waals surface area contributed by atoms with Crippen molar-refractivity contribution in [2.75, 3.05) is 23.7 Å². The van der Waals surface area contributed by atoms with Crippen LogP contribution in [0.5, 0.6) is 0 Å². The summed E-state index contributed by atoms with van der Waals surface area (Å²) in [5.41, 5.74) is 0.797. The molecule has 8 heteroatoms. The number of likely N-dealkylation sites (tertiary alicyclic amines) is 1. The molecule has 0 bridgehead atoms. The second kappa shape index (κ2) is 9.46. The number of halogens is 3. The molecule has 0 radical (unpaired) electrons. The van der Waals surface area contributed by atoms with Gasteiger partial charge in [-0.05, 0) is 61.2 Å². The Balaban J connectivity index is 1.50. The van der Waals surface area contributed by atoms with Gasteiger partial charge in [-0.2, -0.15) is 0 Å². The highest BCUT2D eigenvalue weighted by Gasteiger charge is 2.30. The number of carbonyl (C=O) groups excluding carboxylic acids is 2. The molecule has 0 spiro atoms. The van der Waals surface area contributed by atoms with Crippen LogP contribution in [0.4, 0.5) is 20.6 Å². The number of hydrogen-bond acceptors (Lipinski definition) is 2. The predicted octanol–water partition coefficient (Wildman–Crippen LogP) is 5.65. The first-order valence-electron chi connectivity index (χ1n) is 9.41. The molecule has 1 aliphatic heterocycles. The van der Waals surface area contributed by atoms with E-state index in [9.17, 15) is 14.0 Å². The molecule has 0 aromatic heterocycles. The van der Waals surface area contributed by atoms with Gasteiger partial charge < -0.3 is 15.5 Å². The Morgan fingerprint density at radius 1 is 1.03 bits per heavy atom. The Morgan fingerprint density at radius 2 is 1.66 bits per heavy atom. The van der Waals surface area contributed by atoms with Crippen LogP contribution in [0.1, 0.15) is 19.8 Å². The van der Waals surface area contributed by atoms with E-state index in [-0.39, 0.29) is 34.5 Å². The number of piperidine rings is 1. The number of benzene rings is 2. The highest BCUT2D eigenvalue weighted by Crippen LogP contribution is 2.27. The summed E-state index contributed by atoms with van der Waals surface area (Å²) >= 11 is 11.6. The summed E-state index contributed by atoms with van der Waals surface area (Å²) < 4.78 is 13.9. The molecular formula is C21H22Cl2FN3O2. The molecule has 1 heterocycles. The zero-order valence-corrected chi connectivity index (χ0v) is 17.4. The summed E-state index contributed by atoms with van der Waals surface area (Å²) in [6, 6.07) is 10.9. The van der Waals surface area contributed by atoms with Gasteiger partial charge in [-0.1, -0.05) is 30.1 Å². The summed E-state index contributed by atoms with van der Waals surface area (Å²) in [6.07, 6.45) is 1.40. The van der Waals surface area contributed by atoms with Gasteiger partial charge in [-0.3, -0.25) is 4.79 Å². The van der Waals surface area contributed by atoms with Gasteiger partial charge in [0, 0.05) is 34.7 Å². The normalized spacial score (nSPS) is 15.7. The van der Waals surface area contributed by atoms with Crippen LogP contribution in [0.15, 0.2) is 42.5 Å². The predicted molar refractivity (Wildman–Crippen MR) is 114 cm³/mol. The van der Waals surface area contributed by atoms with E-state index in [0.717, 1.165) is 0 Å². The van der Waals surface area contributed by atoms with Gasteiger partial charge in [-0.25, -0.2) is 9.18 Å². The van der Waals surface area contributed by atoms with Crippen LogP contribution in [-0.4, -0.2) is 29.9 Å². The average Bonchev–Trinajstić information content (AvgIpc) is 2.71. The monoisotopic (exact) mass is 437 g/mol. The Hall–Kier alpha value is -2.31. The van der Waals surface area contributed by atoms with Crippen LogP contribution in [0.2, 0.25) is 10.0 Å². The summed E-state index contributed by atoms with van der Waals surface area (Å²) in [5.74, 6) is -0.987. The third-order valence-corrected chi connectivity index (χ3v) is 5.72. The summed E-state index contributed by atoms with van der Waals surface area (Å²) in [6.45, 7) is 2.94. The van der Waals surface area contributed by atoms with Crippen LogP contribution < -0.4 is 10.6 Å². The summed E-state index contributed by atoms with van der Waals surface area (Å²) in [4.78, 5) is 26.7. The van der Waals surface area contributed by atoms with Crippen molar-refractivity contribution in [3.8, 4) is 0 Å². The van der Waals surface area contributed by atoms with Gasteiger partial charge in [0.15, 0.2) is 0 Å². The molecule has 0 unspecified atom stereocenters. The van der Waals surface area contributed by atoms with E-state index in [0.29, 0.717) is 36.6 Å². The van der Waals surface area contributed by atoms with Crippen LogP contribution in [0.3, 0.4) is 0 Å². The van der Waals surface area contributed by atoms with Crippen molar-refractivity contribution in [2.45, 2.75) is 19.8 Å². The maximum Gasteiger partial charge on any atom is 0.321 e. The molecule has 1 fully saturated rings. The number of anilines is 2. The van der Waals surface area contributed by atoms with E-state index in [4.69, 9.17) is 23.2 Å². The number of hydrogen-bond donors (Lipinski definition) is 2. The third kappa shape index (κ3) is 5.61. The average molecular weight is 438 g/mol.